The molecule has 5 heteroatoms. The number of nitrogens with zero attached hydrogens (tertiary/aromatic N) is 1. The van der Waals surface area contributed by atoms with Crippen LogP contribution in [0.3, 0.4) is 0 Å². The second kappa shape index (κ2) is 9.97. The SMILES string of the molecule is CN(C)c1ccc([C@@H](CC=CC=CC(=O)O)C(=O)Nc2ccccc2)cc1. The monoisotopic (exact) mass is 364 g/mol. The van der Waals surface area contributed by atoms with Crippen LogP contribution >= 0.6 is 0 Å². The van der Waals surface area contributed by atoms with Gasteiger partial charge in [-0.15, -0.1) is 0 Å². The lowest BCUT2D eigenvalue weighted by atomic mass is 9.94. The lowest BCUT2D eigenvalue weighted by Crippen LogP contribution is -2.21. The van der Waals surface area contributed by atoms with E-state index in [1.807, 2.05) is 73.6 Å². The number of carboxylic acids is 1. The van der Waals surface area contributed by atoms with Gasteiger partial charge in [0.05, 0.1) is 5.92 Å². The summed E-state index contributed by atoms with van der Waals surface area (Å²) in [5, 5.41) is 11.6. The van der Waals surface area contributed by atoms with E-state index in [1.165, 1.54) is 6.08 Å². The number of para-hydroxylation sites is 1. The molecule has 140 valence electrons. The van der Waals surface area contributed by atoms with Crippen molar-refractivity contribution in [2.45, 2.75) is 12.3 Å². The minimum Gasteiger partial charge on any atom is -0.478 e. The summed E-state index contributed by atoms with van der Waals surface area (Å²) in [4.78, 5) is 25.4. The first-order valence-corrected chi connectivity index (χ1v) is 8.66. The Morgan fingerprint density at radius 1 is 1.04 bits per heavy atom. The molecule has 0 saturated heterocycles. The van der Waals surface area contributed by atoms with Gasteiger partial charge in [0.25, 0.3) is 0 Å². The van der Waals surface area contributed by atoms with Crippen molar-refractivity contribution in [1.29, 1.82) is 0 Å². The zero-order valence-electron chi connectivity index (χ0n) is 15.5. The number of rotatable bonds is 8. The van der Waals surface area contributed by atoms with Crippen LogP contribution in [-0.2, 0) is 9.59 Å². The summed E-state index contributed by atoms with van der Waals surface area (Å²) >= 11 is 0. The number of hydrogen-bond donors (Lipinski definition) is 2. The van der Waals surface area contributed by atoms with Gasteiger partial charge in [-0.2, -0.15) is 0 Å². The summed E-state index contributed by atoms with van der Waals surface area (Å²) in [6.45, 7) is 0. The fraction of sp³-hybridized carbons (Fsp3) is 0.182. The molecule has 0 aliphatic heterocycles. The summed E-state index contributed by atoms with van der Waals surface area (Å²) in [6.07, 6.45) is 6.41. The van der Waals surface area contributed by atoms with Crippen LogP contribution in [0.25, 0.3) is 0 Å². The molecule has 0 saturated carbocycles. The number of carboxylic acid groups (broad SMARTS) is 1. The minimum atomic E-state index is -1.00. The van der Waals surface area contributed by atoms with Gasteiger partial charge in [0, 0.05) is 31.5 Å². The summed E-state index contributed by atoms with van der Waals surface area (Å²) in [5.41, 5.74) is 2.70. The van der Waals surface area contributed by atoms with Crippen molar-refractivity contribution >= 4 is 23.3 Å². The van der Waals surface area contributed by atoms with Crippen LogP contribution < -0.4 is 10.2 Å². The molecule has 2 rings (SSSR count). The zero-order valence-corrected chi connectivity index (χ0v) is 15.5. The molecular weight excluding hydrogens is 340 g/mol. The zero-order chi connectivity index (χ0) is 19.6. The van der Waals surface area contributed by atoms with E-state index in [0.717, 1.165) is 23.0 Å². The van der Waals surface area contributed by atoms with E-state index >= 15 is 0 Å². The van der Waals surface area contributed by atoms with Crippen molar-refractivity contribution in [2.24, 2.45) is 0 Å². The Balaban J connectivity index is 2.18. The molecule has 1 amide bonds. The maximum atomic E-state index is 12.8. The second-order valence-electron chi connectivity index (χ2n) is 6.26. The molecule has 2 N–H and O–H groups in total. The minimum absolute atomic E-state index is 0.106. The highest BCUT2D eigenvalue weighted by Gasteiger charge is 2.19. The van der Waals surface area contributed by atoms with Gasteiger partial charge in [-0.1, -0.05) is 48.6 Å². The van der Waals surface area contributed by atoms with Crippen molar-refractivity contribution in [2.75, 3.05) is 24.3 Å². The van der Waals surface area contributed by atoms with Gasteiger partial charge in [0.15, 0.2) is 0 Å². The van der Waals surface area contributed by atoms with Crippen molar-refractivity contribution in [1.82, 2.24) is 0 Å². The molecule has 0 fully saturated rings. The van der Waals surface area contributed by atoms with Crippen LogP contribution in [0.15, 0.2) is 78.9 Å². The van der Waals surface area contributed by atoms with Crippen LogP contribution in [0.2, 0.25) is 0 Å². The number of carbonyl (C=O) groups is 2. The maximum Gasteiger partial charge on any atom is 0.328 e. The number of anilines is 2. The smallest absolute Gasteiger partial charge is 0.328 e. The molecule has 0 aliphatic rings. The fourth-order valence-corrected chi connectivity index (χ4v) is 2.58. The van der Waals surface area contributed by atoms with Gasteiger partial charge in [-0.05, 0) is 36.2 Å². The van der Waals surface area contributed by atoms with Gasteiger partial charge >= 0.3 is 5.97 Å². The number of hydrogen-bond acceptors (Lipinski definition) is 3. The molecule has 0 spiro atoms. The molecule has 1 atom stereocenters. The summed E-state index contributed by atoms with van der Waals surface area (Å²) in [7, 11) is 3.93. The van der Waals surface area contributed by atoms with Crippen LogP contribution in [0.5, 0.6) is 0 Å². The predicted octanol–water partition coefficient (Wildman–Crippen LogP) is 4.06. The quantitative estimate of drug-likeness (QED) is 0.547. The topological polar surface area (TPSA) is 69.6 Å². The Labute approximate surface area is 159 Å². The van der Waals surface area contributed by atoms with Gasteiger partial charge in [-0.3, -0.25) is 4.79 Å². The number of aliphatic carboxylic acids is 1. The molecule has 0 heterocycles. The Morgan fingerprint density at radius 3 is 2.30 bits per heavy atom. The third-order valence-electron chi connectivity index (χ3n) is 4.03. The van der Waals surface area contributed by atoms with Crippen molar-refractivity contribution < 1.29 is 14.7 Å². The Morgan fingerprint density at radius 2 is 1.70 bits per heavy atom. The number of carbonyl (C=O) groups excluding carboxylic acids is 1. The van der Waals surface area contributed by atoms with Gasteiger partial charge in [0.2, 0.25) is 5.91 Å². The number of benzene rings is 2. The second-order valence-corrected chi connectivity index (χ2v) is 6.26. The van der Waals surface area contributed by atoms with E-state index in [0.29, 0.717) is 6.42 Å². The van der Waals surface area contributed by atoms with Crippen LogP contribution in [0, 0.1) is 0 Å². The van der Waals surface area contributed by atoms with E-state index in [9.17, 15) is 9.59 Å². The Hall–Kier alpha value is -3.34. The van der Waals surface area contributed by atoms with Crippen LogP contribution in [0.1, 0.15) is 17.9 Å². The first kappa shape index (κ1) is 20.0. The summed E-state index contributed by atoms with van der Waals surface area (Å²) in [6, 6.07) is 17.2. The molecule has 2 aromatic rings. The Bertz CT molecular complexity index is 809. The summed E-state index contributed by atoms with van der Waals surface area (Å²) < 4.78 is 0. The molecule has 0 unspecified atom stereocenters. The maximum absolute atomic E-state index is 12.8. The number of nitrogens with one attached hydrogen (secondary N) is 1. The standard InChI is InChI=1S/C22H24N2O3/c1-24(2)19-15-13-17(14-16-19)20(11-7-4-8-12-21(25)26)22(27)23-18-9-5-3-6-10-18/h3-10,12-16,20H,11H2,1-2H3,(H,23,27)(H,25,26)/t20-/m1/s1. The van der Waals surface area contributed by atoms with Gasteiger partial charge < -0.3 is 15.3 Å². The average molecular weight is 364 g/mol. The molecule has 0 bridgehead atoms. The predicted molar refractivity (Wildman–Crippen MR) is 109 cm³/mol. The van der Waals surface area contributed by atoms with Crippen molar-refractivity contribution in [3.05, 3.63) is 84.5 Å². The molecular formula is C22H24N2O3. The lowest BCUT2D eigenvalue weighted by molar-refractivity contribution is -0.131. The molecule has 0 aliphatic carbocycles. The molecule has 0 radical (unpaired) electrons. The molecule has 2 aromatic carbocycles. The summed E-state index contributed by atoms with van der Waals surface area (Å²) in [5.74, 6) is -1.49. The Kier molecular flexibility index (Phi) is 7.37. The van der Waals surface area contributed by atoms with Crippen LogP contribution in [-0.4, -0.2) is 31.1 Å². The first-order valence-electron chi connectivity index (χ1n) is 8.66. The van der Waals surface area contributed by atoms with E-state index in [1.54, 1.807) is 12.2 Å². The fourth-order valence-electron chi connectivity index (χ4n) is 2.58. The number of amides is 1. The molecule has 27 heavy (non-hydrogen) atoms. The van der Waals surface area contributed by atoms with E-state index in [4.69, 9.17) is 5.11 Å². The average Bonchev–Trinajstić information content (AvgIpc) is 2.65. The van der Waals surface area contributed by atoms with Crippen molar-refractivity contribution in [3.8, 4) is 0 Å². The lowest BCUT2D eigenvalue weighted by Gasteiger charge is -2.18. The third-order valence-corrected chi connectivity index (χ3v) is 4.03. The van der Waals surface area contributed by atoms with Crippen LogP contribution in [0.4, 0.5) is 11.4 Å². The highest BCUT2D eigenvalue weighted by molar-refractivity contribution is 5.96. The largest absolute Gasteiger partial charge is 0.478 e. The molecule has 0 aromatic heterocycles. The first-order chi connectivity index (χ1) is 13.0. The highest BCUT2D eigenvalue weighted by atomic mass is 16.4. The van der Waals surface area contributed by atoms with Gasteiger partial charge in [-0.25, -0.2) is 4.79 Å². The van der Waals surface area contributed by atoms with Gasteiger partial charge in [0.1, 0.15) is 0 Å². The number of allylic oxidation sites excluding steroid dienone is 3. The van der Waals surface area contributed by atoms with E-state index in [-0.39, 0.29) is 11.8 Å². The molecule has 5 nitrogen and oxygen atoms in total. The van der Waals surface area contributed by atoms with Crippen molar-refractivity contribution in [3.63, 3.8) is 0 Å². The normalized spacial score (nSPS) is 12.2. The third kappa shape index (κ3) is 6.47. The highest BCUT2D eigenvalue weighted by Crippen LogP contribution is 2.25. The van der Waals surface area contributed by atoms with E-state index in [2.05, 4.69) is 5.32 Å². The van der Waals surface area contributed by atoms with E-state index < -0.39 is 5.97 Å².